The summed E-state index contributed by atoms with van der Waals surface area (Å²) >= 11 is 4.63. The van der Waals surface area contributed by atoms with E-state index in [0.29, 0.717) is 0 Å². The number of alkyl halides is 1. The van der Waals surface area contributed by atoms with Gasteiger partial charge in [0.1, 0.15) is 11.1 Å². The number of rotatable bonds is 2. The van der Waals surface area contributed by atoms with E-state index in [1.807, 2.05) is 0 Å². The predicted molar refractivity (Wildman–Crippen MR) is 50.2 cm³/mol. The Hall–Kier alpha value is 0.260. The van der Waals surface area contributed by atoms with Crippen LogP contribution in [0.2, 0.25) is 0 Å². The predicted octanol–water partition coefficient (Wildman–Crippen LogP) is 2.36. The van der Waals surface area contributed by atoms with E-state index in [9.17, 15) is 4.79 Å². The van der Waals surface area contributed by atoms with Gasteiger partial charge in [0.25, 0.3) is 0 Å². The van der Waals surface area contributed by atoms with Gasteiger partial charge in [-0.2, -0.15) is 0 Å². The van der Waals surface area contributed by atoms with Gasteiger partial charge in [0.05, 0.1) is 5.51 Å². The van der Waals surface area contributed by atoms with Crippen LogP contribution in [-0.4, -0.2) is 11.3 Å². The Bertz CT molecular complexity index is 190. The number of hydrogen-bond donors (Lipinski definition) is 0. The smallest absolute Gasteiger partial charge is 0.138 e. The second-order valence-electron chi connectivity index (χ2n) is 1.44. The van der Waals surface area contributed by atoms with Crippen molar-refractivity contribution in [3.63, 3.8) is 0 Å². The third-order valence-electron chi connectivity index (χ3n) is 0.843. The van der Waals surface area contributed by atoms with Gasteiger partial charge < -0.3 is 4.79 Å². The van der Waals surface area contributed by atoms with Crippen LogP contribution in [0.25, 0.3) is 0 Å². The molecule has 56 valence electrons. The quantitative estimate of drug-likeness (QED) is 0.617. The van der Waals surface area contributed by atoms with Crippen molar-refractivity contribution < 1.29 is 4.79 Å². The third-order valence-corrected chi connectivity index (χ3v) is 2.71. The lowest BCUT2D eigenvalue weighted by Crippen LogP contribution is -1.83. The summed E-state index contributed by atoms with van der Waals surface area (Å²) in [5.74, 6) is 0. The maximum absolute atomic E-state index is 10.1. The minimum absolute atomic E-state index is 0. The molecule has 1 rings (SSSR count). The first-order chi connectivity index (χ1) is 4.34. The molecule has 0 aliphatic heterocycles. The van der Waals surface area contributed by atoms with Crippen molar-refractivity contribution in [2.45, 2.75) is 4.83 Å². The highest BCUT2D eigenvalue weighted by Gasteiger charge is 2.05. The number of carbonyl (C=O) groups excluding carboxylic acids is 1. The summed E-state index contributed by atoms with van der Waals surface area (Å²) in [7, 11) is 0. The fourth-order valence-corrected chi connectivity index (χ4v) is 1.42. The topological polar surface area (TPSA) is 30.0 Å². The Morgan fingerprint density at radius 1 is 1.80 bits per heavy atom. The van der Waals surface area contributed by atoms with Crippen molar-refractivity contribution >= 4 is 50.5 Å². The first-order valence-electron chi connectivity index (χ1n) is 2.32. The summed E-state index contributed by atoms with van der Waals surface area (Å²) in [5, 5.41) is 0. The molecule has 2 nitrogen and oxygen atoms in total. The van der Waals surface area contributed by atoms with Crippen molar-refractivity contribution in [3.8, 4) is 0 Å². The van der Waals surface area contributed by atoms with Crippen LogP contribution in [0.5, 0.6) is 0 Å². The summed E-state index contributed by atoms with van der Waals surface area (Å²) < 4.78 is 0. The molecule has 1 unspecified atom stereocenters. The lowest BCUT2D eigenvalue weighted by atomic mass is 10.4. The zero-order valence-corrected chi connectivity index (χ0v) is 8.97. The average Bonchev–Trinajstić information content (AvgIpc) is 2.37. The van der Waals surface area contributed by atoms with Gasteiger partial charge in [-0.15, -0.1) is 28.3 Å². The Morgan fingerprint density at radius 2 is 2.50 bits per heavy atom. The summed E-state index contributed by atoms with van der Waals surface area (Å²) in [5.41, 5.74) is 1.70. The minimum Gasteiger partial charge on any atom is -0.302 e. The van der Waals surface area contributed by atoms with Gasteiger partial charge in [-0.3, -0.25) is 4.98 Å². The summed E-state index contributed by atoms with van der Waals surface area (Å²) in [6.07, 6.45) is 2.52. The fourth-order valence-electron chi connectivity index (χ4n) is 0.429. The van der Waals surface area contributed by atoms with E-state index >= 15 is 0 Å². The summed E-state index contributed by atoms with van der Waals surface area (Å²) in [6, 6.07) is 0. The number of thiazole rings is 1. The van der Waals surface area contributed by atoms with Gasteiger partial charge in [-0.25, -0.2) is 0 Å². The van der Waals surface area contributed by atoms with E-state index in [2.05, 4.69) is 20.9 Å². The number of carbonyl (C=O) groups is 1. The number of aromatic nitrogens is 1. The number of nitrogens with zero attached hydrogens (tertiary/aromatic N) is 1. The Labute approximate surface area is 81.6 Å². The highest BCUT2D eigenvalue weighted by atomic mass is 79.9. The molecule has 0 aliphatic rings. The van der Waals surface area contributed by atoms with Crippen molar-refractivity contribution in [3.05, 3.63) is 16.6 Å². The maximum Gasteiger partial charge on any atom is 0.138 e. The van der Waals surface area contributed by atoms with E-state index < -0.39 is 0 Å². The standard InChI is InChI=1S/C5H4BrNOS.BrH/c6-4(2-8)5-1-7-3-9-5;/h1-4H;1H. The zero-order chi connectivity index (χ0) is 6.69. The van der Waals surface area contributed by atoms with Crippen LogP contribution < -0.4 is 0 Å². The van der Waals surface area contributed by atoms with E-state index in [0.717, 1.165) is 11.2 Å². The van der Waals surface area contributed by atoms with Crippen LogP contribution in [0.3, 0.4) is 0 Å². The Kier molecular flexibility index (Phi) is 5.11. The molecule has 1 aromatic heterocycles. The zero-order valence-electron chi connectivity index (χ0n) is 4.86. The lowest BCUT2D eigenvalue weighted by molar-refractivity contribution is -0.107. The Balaban J connectivity index is 0.000000810. The molecular weight excluding hydrogens is 282 g/mol. The van der Waals surface area contributed by atoms with Crippen molar-refractivity contribution in [2.75, 3.05) is 0 Å². The van der Waals surface area contributed by atoms with Gasteiger partial charge in [0.2, 0.25) is 0 Å². The third kappa shape index (κ3) is 2.48. The highest BCUT2D eigenvalue weighted by molar-refractivity contribution is 9.09. The summed E-state index contributed by atoms with van der Waals surface area (Å²) in [6.45, 7) is 0. The average molecular weight is 287 g/mol. The van der Waals surface area contributed by atoms with Crippen molar-refractivity contribution in [1.29, 1.82) is 0 Å². The van der Waals surface area contributed by atoms with Gasteiger partial charge in [-0.1, -0.05) is 15.9 Å². The first-order valence-corrected chi connectivity index (χ1v) is 4.12. The second-order valence-corrected chi connectivity index (χ2v) is 3.35. The molecule has 0 saturated heterocycles. The molecule has 5 heteroatoms. The molecule has 0 amide bonds. The SMILES string of the molecule is Br.O=CC(Br)c1cncs1. The molecule has 1 heterocycles. The number of hydrogen-bond acceptors (Lipinski definition) is 3. The van der Waals surface area contributed by atoms with E-state index in [1.54, 1.807) is 11.7 Å². The second kappa shape index (κ2) is 4.98. The van der Waals surface area contributed by atoms with Crippen molar-refractivity contribution in [2.24, 2.45) is 0 Å². The van der Waals surface area contributed by atoms with Crippen LogP contribution >= 0.6 is 44.2 Å². The van der Waals surface area contributed by atoms with Gasteiger partial charge in [-0.05, 0) is 0 Å². The number of aldehydes is 1. The fraction of sp³-hybridized carbons (Fsp3) is 0.200. The normalized spacial score (nSPS) is 11.7. The van der Waals surface area contributed by atoms with E-state index in [1.165, 1.54) is 11.3 Å². The minimum atomic E-state index is -0.176. The molecule has 0 aliphatic carbocycles. The van der Waals surface area contributed by atoms with E-state index in [-0.39, 0.29) is 21.8 Å². The van der Waals surface area contributed by atoms with Gasteiger partial charge in [0.15, 0.2) is 0 Å². The molecular formula is C5H5Br2NOS. The monoisotopic (exact) mass is 285 g/mol. The molecule has 0 spiro atoms. The largest absolute Gasteiger partial charge is 0.302 e. The van der Waals surface area contributed by atoms with Crippen LogP contribution in [-0.2, 0) is 4.79 Å². The molecule has 0 saturated carbocycles. The molecule has 0 aromatic carbocycles. The molecule has 1 atom stereocenters. The first kappa shape index (κ1) is 10.3. The molecule has 0 radical (unpaired) electrons. The summed E-state index contributed by atoms with van der Waals surface area (Å²) in [4.78, 5) is 14.7. The molecule has 1 aromatic rings. The van der Waals surface area contributed by atoms with Gasteiger partial charge in [0, 0.05) is 11.1 Å². The van der Waals surface area contributed by atoms with Crippen LogP contribution in [0, 0.1) is 0 Å². The van der Waals surface area contributed by atoms with Crippen LogP contribution in [0.1, 0.15) is 9.70 Å². The molecule has 0 fully saturated rings. The number of halogens is 2. The van der Waals surface area contributed by atoms with Gasteiger partial charge >= 0.3 is 0 Å². The van der Waals surface area contributed by atoms with Crippen LogP contribution in [0.15, 0.2) is 11.7 Å². The maximum atomic E-state index is 10.1. The lowest BCUT2D eigenvalue weighted by Gasteiger charge is -1.91. The highest BCUT2D eigenvalue weighted by Crippen LogP contribution is 2.22. The molecule has 0 bridgehead atoms. The van der Waals surface area contributed by atoms with Crippen molar-refractivity contribution in [1.82, 2.24) is 4.98 Å². The molecule has 10 heavy (non-hydrogen) atoms. The van der Waals surface area contributed by atoms with E-state index in [4.69, 9.17) is 0 Å². The molecule has 0 N–H and O–H groups in total. The van der Waals surface area contributed by atoms with Crippen LogP contribution in [0.4, 0.5) is 0 Å². The Morgan fingerprint density at radius 3 is 2.90 bits per heavy atom.